The van der Waals surface area contributed by atoms with Crippen molar-refractivity contribution in [3.8, 4) is 6.07 Å². The predicted octanol–water partition coefficient (Wildman–Crippen LogP) is 2.22. The molecular formula is C17H21N3O3. The van der Waals surface area contributed by atoms with Crippen LogP contribution in [0.4, 0.5) is 0 Å². The summed E-state index contributed by atoms with van der Waals surface area (Å²) in [5.41, 5.74) is 0.264. The van der Waals surface area contributed by atoms with E-state index in [4.69, 9.17) is 10.00 Å². The number of carbonyl (C=O) groups excluding carboxylic acids is 2. The molecule has 0 unspecified atom stereocenters. The summed E-state index contributed by atoms with van der Waals surface area (Å²) >= 11 is 0. The van der Waals surface area contributed by atoms with Crippen molar-refractivity contribution in [2.24, 2.45) is 5.41 Å². The first-order valence-electron chi connectivity index (χ1n) is 8.15. The van der Waals surface area contributed by atoms with Gasteiger partial charge in [-0.15, -0.1) is 0 Å². The highest BCUT2D eigenvalue weighted by Gasteiger charge is 2.61. The summed E-state index contributed by atoms with van der Waals surface area (Å²) < 4.78 is 5.30. The molecule has 0 aliphatic carbocycles. The number of nitriles is 1. The molecule has 3 rings (SSSR count). The van der Waals surface area contributed by atoms with Gasteiger partial charge in [-0.2, -0.15) is 5.26 Å². The number of carbonyl (C=O) groups is 2. The first kappa shape index (κ1) is 15.6. The normalized spacial score (nSPS) is 28.7. The van der Waals surface area contributed by atoms with Crippen molar-refractivity contribution in [1.82, 2.24) is 9.88 Å². The molecule has 23 heavy (non-hydrogen) atoms. The summed E-state index contributed by atoms with van der Waals surface area (Å²) in [6.07, 6.45) is 4.62. The average Bonchev–Trinajstić information content (AvgIpc) is 3.27. The summed E-state index contributed by atoms with van der Waals surface area (Å²) in [5, 5.41) is 8.91. The Morgan fingerprint density at radius 3 is 2.87 bits per heavy atom. The van der Waals surface area contributed by atoms with Crippen molar-refractivity contribution in [2.75, 3.05) is 6.61 Å². The summed E-state index contributed by atoms with van der Waals surface area (Å²) in [5.74, 6) is -0.310. The number of fused-ring (bicyclic) bond motifs is 2. The van der Waals surface area contributed by atoms with Gasteiger partial charge in [0, 0.05) is 18.3 Å². The Morgan fingerprint density at radius 1 is 1.48 bits per heavy atom. The van der Waals surface area contributed by atoms with Crippen LogP contribution in [0.25, 0.3) is 0 Å². The number of amides is 1. The van der Waals surface area contributed by atoms with Crippen LogP contribution in [0.15, 0.2) is 12.3 Å². The Bertz CT molecular complexity index is 675. The Hall–Kier alpha value is -2.29. The van der Waals surface area contributed by atoms with Crippen LogP contribution in [-0.4, -0.2) is 40.5 Å². The van der Waals surface area contributed by atoms with E-state index in [0.717, 1.165) is 12.8 Å². The summed E-state index contributed by atoms with van der Waals surface area (Å²) in [6, 6.07) is 3.55. The number of hydrogen-bond donors (Lipinski definition) is 1. The van der Waals surface area contributed by atoms with E-state index in [1.54, 1.807) is 13.0 Å². The minimum Gasteiger partial charge on any atom is -0.466 e. The molecule has 0 aromatic carbocycles. The molecule has 2 aliphatic rings. The van der Waals surface area contributed by atoms with Gasteiger partial charge in [0.2, 0.25) is 0 Å². The van der Waals surface area contributed by atoms with Gasteiger partial charge in [0.15, 0.2) is 0 Å². The molecular weight excluding hydrogens is 294 g/mol. The maximum absolute atomic E-state index is 12.9. The Balaban J connectivity index is 1.89. The number of nitrogens with one attached hydrogen (secondary N) is 1. The van der Waals surface area contributed by atoms with Gasteiger partial charge < -0.3 is 14.6 Å². The molecule has 0 saturated carbocycles. The number of H-pyrrole nitrogens is 1. The fourth-order valence-corrected chi connectivity index (χ4v) is 4.23. The van der Waals surface area contributed by atoms with Gasteiger partial charge in [-0.3, -0.25) is 9.59 Å². The smallest absolute Gasteiger partial charge is 0.314 e. The number of aromatic amines is 1. The van der Waals surface area contributed by atoms with E-state index in [-0.39, 0.29) is 24.0 Å². The van der Waals surface area contributed by atoms with Crippen molar-refractivity contribution in [3.05, 3.63) is 23.5 Å². The maximum Gasteiger partial charge on any atom is 0.314 e. The zero-order valence-corrected chi connectivity index (χ0v) is 13.5. The van der Waals surface area contributed by atoms with Crippen LogP contribution in [0.5, 0.6) is 0 Å². The molecule has 2 saturated heterocycles. The lowest BCUT2D eigenvalue weighted by Gasteiger charge is -2.34. The Kier molecular flexibility index (Phi) is 3.88. The zero-order valence-electron chi connectivity index (χ0n) is 13.5. The fourth-order valence-electron chi connectivity index (χ4n) is 4.23. The van der Waals surface area contributed by atoms with E-state index in [1.807, 2.05) is 17.9 Å². The van der Waals surface area contributed by atoms with Gasteiger partial charge in [-0.05, 0) is 38.7 Å². The van der Waals surface area contributed by atoms with Gasteiger partial charge in [0.1, 0.15) is 11.8 Å². The lowest BCUT2D eigenvalue weighted by molar-refractivity contribution is -0.157. The largest absolute Gasteiger partial charge is 0.466 e. The van der Waals surface area contributed by atoms with E-state index in [9.17, 15) is 9.59 Å². The van der Waals surface area contributed by atoms with Crippen molar-refractivity contribution in [2.45, 2.75) is 51.6 Å². The summed E-state index contributed by atoms with van der Waals surface area (Å²) in [4.78, 5) is 30.1. The van der Waals surface area contributed by atoms with E-state index >= 15 is 0 Å². The van der Waals surface area contributed by atoms with Gasteiger partial charge in [0.05, 0.1) is 17.6 Å². The standard InChI is InChI=1S/C17H21N3O3/c1-3-17(16(22)23-4-2)8-12-5-6-14(17)20(12)15(21)13-7-11(9-18)10-19-13/h7,10,12,14,19H,3-6,8H2,1-2H3/t12-,14+,17+/m1/s1. The predicted molar refractivity (Wildman–Crippen MR) is 82.5 cm³/mol. The molecule has 6 nitrogen and oxygen atoms in total. The van der Waals surface area contributed by atoms with Crippen LogP contribution >= 0.6 is 0 Å². The quantitative estimate of drug-likeness (QED) is 0.863. The third kappa shape index (κ3) is 2.23. The van der Waals surface area contributed by atoms with Crippen molar-refractivity contribution < 1.29 is 14.3 Å². The molecule has 6 heteroatoms. The molecule has 2 aliphatic heterocycles. The molecule has 122 valence electrons. The highest BCUT2D eigenvalue weighted by atomic mass is 16.5. The van der Waals surface area contributed by atoms with Crippen LogP contribution < -0.4 is 0 Å². The molecule has 2 bridgehead atoms. The number of nitrogens with zero attached hydrogens (tertiary/aromatic N) is 2. The highest BCUT2D eigenvalue weighted by molar-refractivity contribution is 5.95. The number of aromatic nitrogens is 1. The van der Waals surface area contributed by atoms with Gasteiger partial charge >= 0.3 is 5.97 Å². The zero-order chi connectivity index (χ0) is 16.6. The molecule has 1 aromatic heterocycles. The number of rotatable bonds is 4. The lowest BCUT2D eigenvalue weighted by atomic mass is 9.72. The van der Waals surface area contributed by atoms with Gasteiger partial charge in [-0.1, -0.05) is 6.92 Å². The lowest BCUT2D eigenvalue weighted by Crippen LogP contribution is -2.45. The third-order valence-electron chi connectivity index (χ3n) is 5.33. The van der Waals surface area contributed by atoms with Crippen LogP contribution in [0, 0.1) is 16.7 Å². The Labute approximate surface area is 135 Å². The van der Waals surface area contributed by atoms with E-state index in [1.165, 1.54) is 6.20 Å². The monoisotopic (exact) mass is 315 g/mol. The molecule has 1 amide bonds. The van der Waals surface area contributed by atoms with Crippen molar-refractivity contribution >= 4 is 11.9 Å². The van der Waals surface area contributed by atoms with Gasteiger partial charge in [-0.25, -0.2) is 0 Å². The second-order valence-electron chi connectivity index (χ2n) is 6.31. The highest BCUT2D eigenvalue weighted by Crippen LogP contribution is 2.52. The molecule has 0 spiro atoms. The van der Waals surface area contributed by atoms with Crippen molar-refractivity contribution in [3.63, 3.8) is 0 Å². The average molecular weight is 315 g/mol. The Morgan fingerprint density at radius 2 is 2.26 bits per heavy atom. The molecule has 1 aromatic rings. The van der Waals surface area contributed by atoms with Gasteiger partial charge in [0.25, 0.3) is 5.91 Å². The van der Waals surface area contributed by atoms with Crippen LogP contribution in [0.3, 0.4) is 0 Å². The first-order chi connectivity index (χ1) is 11.1. The molecule has 1 N–H and O–H groups in total. The minimum absolute atomic E-state index is 0.0747. The van der Waals surface area contributed by atoms with Crippen LogP contribution in [-0.2, 0) is 9.53 Å². The molecule has 3 atom stereocenters. The molecule has 2 fully saturated rings. The third-order valence-corrected chi connectivity index (χ3v) is 5.33. The number of hydrogen-bond acceptors (Lipinski definition) is 4. The van der Waals surface area contributed by atoms with Crippen LogP contribution in [0.1, 0.15) is 55.6 Å². The second-order valence-corrected chi connectivity index (χ2v) is 6.31. The molecule has 3 heterocycles. The SMILES string of the molecule is CCOC(=O)[C@@]1(CC)C[C@H]2CC[C@@H]1N2C(=O)c1cc(C#N)c[nH]1. The maximum atomic E-state index is 12.9. The van der Waals surface area contributed by atoms with Crippen molar-refractivity contribution in [1.29, 1.82) is 5.26 Å². The minimum atomic E-state index is -0.584. The summed E-state index contributed by atoms with van der Waals surface area (Å²) in [6.45, 7) is 4.15. The number of esters is 1. The number of ether oxygens (including phenoxy) is 1. The fraction of sp³-hybridized carbons (Fsp3) is 0.588. The van der Waals surface area contributed by atoms with E-state index in [0.29, 0.717) is 30.7 Å². The first-order valence-corrected chi connectivity index (χ1v) is 8.15. The van der Waals surface area contributed by atoms with Crippen LogP contribution in [0.2, 0.25) is 0 Å². The van der Waals surface area contributed by atoms with E-state index in [2.05, 4.69) is 4.98 Å². The topological polar surface area (TPSA) is 86.2 Å². The molecule has 0 radical (unpaired) electrons. The summed E-state index contributed by atoms with van der Waals surface area (Å²) in [7, 11) is 0. The second kappa shape index (κ2) is 5.73. The van der Waals surface area contributed by atoms with E-state index < -0.39 is 5.41 Å².